The van der Waals surface area contributed by atoms with Crippen LogP contribution in [0.5, 0.6) is 0 Å². The molecule has 1 aromatic carbocycles. The van der Waals surface area contributed by atoms with Gasteiger partial charge in [0.1, 0.15) is 18.8 Å². The van der Waals surface area contributed by atoms with E-state index in [2.05, 4.69) is 10.3 Å². The van der Waals surface area contributed by atoms with E-state index >= 15 is 0 Å². The molecule has 2 heterocycles. The number of hydrogen-bond donors (Lipinski definition) is 1. The van der Waals surface area contributed by atoms with E-state index in [1.165, 1.54) is 10.5 Å². The minimum atomic E-state index is -0.607. The summed E-state index contributed by atoms with van der Waals surface area (Å²) >= 11 is 0. The van der Waals surface area contributed by atoms with Crippen molar-refractivity contribution in [3.63, 3.8) is 0 Å². The van der Waals surface area contributed by atoms with Crippen molar-refractivity contribution in [3.05, 3.63) is 80.9 Å². The number of nitrogens with zero attached hydrogens (tertiary/aromatic N) is 2. The molecule has 7 heteroatoms. The van der Waals surface area contributed by atoms with Crippen molar-refractivity contribution in [1.82, 2.24) is 14.7 Å². The summed E-state index contributed by atoms with van der Waals surface area (Å²) in [5.74, 6) is -0.957. The van der Waals surface area contributed by atoms with Gasteiger partial charge in [0.2, 0.25) is 0 Å². The number of ether oxygens (including phenoxy) is 1. The van der Waals surface area contributed by atoms with Crippen molar-refractivity contribution in [3.8, 4) is 0 Å². The average molecular weight is 379 g/mol. The minimum absolute atomic E-state index is 0.140. The topological polar surface area (TPSA) is 89.8 Å². The van der Waals surface area contributed by atoms with E-state index in [9.17, 15) is 14.4 Å². The van der Waals surface area contributed by atoms with E-state index < -0.39 is 5.97 Å². The molecule has 0 aliphatic rings. The van der Waals surface area contributed by atoms with Gasteiger partial charge >= 0.3 is 5.97 Å². The Bertz CT molecular complexity index is 1120. The summed E-state index contributed by atoms with van der Waals surface area (Å²) in [6.07, 6.45) is 1.63. The quantitative estimate of drug-likeness (QED) is 0.686. The summed E-state index contributed by atoms with van der Waals surface area (Å²) in [7, 11) is 0. The lowest BCUT2D eigenvalue weighted by Crippen LogP contribution is -2.30. The van der Waals surface area contributed by atoms with Gasteiger partial charge in [0.25, 0.3) is 11.5 Å². The van der Waals surface area contributed by atoms with Crippen molar-refractivity contribution in [2.45, 2.75) is 27.4 Å². The fourth-order valence-electron chi connectivity index (χ4n) is 2.73. The Morgan fingerprint density at radius 2 is 1.86 bits per heavy atom. The van der Waals surface area contributed by atoms with Crippen LogP contribution in [0.4, 0.5) is 0 Å². The van der Waals surface area contributed by atoms with E-state index in [1.807, 2.05) is 32.9 Å². The third-order valence-corrected chi connectivity index (χ3v) is 4.48. The Morgan fingerprint density at radius 3 is 2.61 bits per heavy atom. The fraction of sp³-hybridized carbons (Fsp3) is 0.238. The number of aryl methyl sites for hydroxylation is 3. The van der Waals surface area contributed by atoms with E-state index in [-0.39, 0.29) is 24.6 Å². The molecule has 144 valence electrons. The number of rotatable bonds is 5. The van der Waals surface area contributed by atoms with E-state index in [4.69, 9.17) is 4.74 Å². The van der Waals surface area contributed by atoms with Crippen LogP contribution in [0.25, 0.3) is 5.65 Å². The molecule has 0 bridgehead atoms. The number of fused-ring (bicyclic) bond motifs is 1. The summed E-state index contributed by atoms with van der Waals surface area (Å²) in [6, 6.07) is 10.3. The van der Waals surface area contributed by atoms with Crippen molar-refractivity contribution >= 4 is 17.5 Å². The predicted molar refractivity (Wildman–Crippen MR) is 104 cm³/mol. The Morgan fingerprint density at radius 1 is 1.07 bits per heavy atom. The number of hydrogen-bond acceptors (Lipinski definition) is 5. The number of esters is 1. The predicted octanol–water partition coefficient (Wildman–Crippen LogP) is 2.09. The maximum absolute atomic E-state index is 12.1. The minimum Gasteiger partial charge on any atom is -0.458 e. The van der Waals surface area contributed by atoms with Crippen LogP contribution in [0.2, 0.25) is 0 Å². The number of aromatic nitrogens is 2. The first-order valence-electron chi connectivity index (χ1n) is 8.84. The molecule has 0 radical (unpaired) electrons. The molecule has 2 aromatic heterocycles. The zero-order valence-corrected chi connectivity index (χ0v) is 16.0. The third kappa shape index (κ3) is 4.25. The molecule has 1 N–H and O–H groups in total. The van der Waals surface area contributed by atoms with Crippen LogP contribution in [-0.4, -0.2) is 27.8 Å². The first kappa shape index (κ1) is 19.3. The SMILES string of the molecule is Cc1ccc(C(=O)NCC(=O)OCc2cc(=O)n3cccc(C)c3n2)cc1C. The number of nitrogens with one attached hydrogen (secondary N) is 1. The van der Waals surface area contributed by atoms with Crippen LogP contribution in [0.3, 0.4) is 0 Å². The maximum Gasteiger partial charge on any atom is 0.325 e. The molecule has 0 aliphatic heterocycles. The average Bonchev–Trinajstić information content (AvgIpc) is 2.67. The highest BCUT2D eigenvalue weighted by Gasteiger charge is 2.11. The molecule has 3 rings (SSSR count). The standard InChI is InChI=1S/C21H21N3O4/c1-13-6-7-16(9-15(13)3)21(27)22-11-19(26)28-12-17-10-18(25)24-8-4-5-14(2)20(24)23-17/h4-10H,11-12H2,1-3H3,(H,22,27). The van der Waals surface area contributed by atoms with Gasteiger partial charge in [-0.3, -0.25) is 18.8 Å². The van der Waals surface area contributed by atoms with Crippen LogP contribution in [0.15, 0.2) is 47.4 Å². The zero-order chi connectivity index (χ0) is 20.3. The zero-order valence-electron chi connectivity index (χ0n) is 16.0. The Labute approximate surface area is 162 Å². The van der Waals surface area contributed by atoms with Crippen molar-refractivity contribution in [2.24, 2.45) is 0 Å². The van der Waals surface area contributed by atoms with Gasteiger partial charge in [-0.1, -0.05) is 12.1 Å². The summed E-state index contributed by atoms with van der Waals surface area (Å²) in [6.45, 7) is 5.32. The first-order valence-corrected chi connectivity index (χ1v) is 8.84. The highest BCUT2D eigenvalue weighted by molar-refractivity contribution is 5.96. The summed E-state index contributed by atoms with van der Waals surface area (Å²) in [5, 5.41) is 2.53. The van der Waals surface area contributed by atoms with Gasteiger partial charge in [-0.15, -0.1) is 0 Å². The lowest BCUT2D eigenvalue weighted by atomic mass is 10.1. The third-order valence-electron chi connectivity index (χ3n) is 4.48. The lowest BCUT2D eigenvalue weighted by molar-refractivity contribution is -0.143. The molecule has 0 aliphatic carbocycles. The van der Waals surface area contributed by atoms with Crippen LogP contribution in [-0.2, 0) is 16.1 Å². The molecule has 0 saturated carbocycles. The molecule has 3 aromatic rings. The van der Waals surface area contributed by atoms with Gasteiger partial charge in [0.05, 0.1) is 5.69 Å². The molecule has 0 unspecified atom stereocenters. The Kier molecular flexibility index (Phi) is 5.54. The fourth-order valence-corrected chi connectivity index (χ4v) is 2.73. The number of carbonyl (C=O) groups excluding carboxylic acids is 2. The first-order chi connectivity index (χ1) is 13.3. The Hall–Kier alpha value is -3.48. The van der Waals surface area contributed by atoms with Crippen LogP contribution < -0.4 is 10.9 Å². The molecular formula is C21H21N3O4. The van der Waals surface area contributed by atoms with Crippen LogP contribution in [0, 0.1) is 20.8 Å². The molecule has 28 heavy (non-hydrogen) atoms. The largest absolute Gasteiger partial charge is 0.458 e. The second-order valence-electron chi connectivity index (χ2n) is 6.61. The molecule has 0 saturated heterocycles. The van der Waals surface area contributed by atoms with Gasteiger partial charge in [-0.05, 0) is 55.7 Å². The number of pyridine rings is 1. The maximum atomic E-state index is 12.1. The number of amides is 1. The summed E-state index contributed by atoms with van der Waals surface area (Å²) in [5.41, 5.74) is 4.04. The van der Waals surface area contributed by atoms with Crippen LogP contribution >= 0.6 is 0 Å². The van der Waals surface area contributed by atoms with E-state index in [1.54, 1.807) is 24.4 Å². The van der Waals surface area contributed by atoms with Gasteiger partial charge in [-0.2, -0.15) is 0 Å². The second kappa shape index (κ2) is 8.04. The van der Waals surface area contributed by atoms with Gasteiger partial charge < -0.3 is 10.1 Å². The van der Waals surface area contributed by atoms with E-state index in [0.29, 0.717) is 16.9 Å². The smallest absolute Gasteiger partial charge is 0.325 e. The van der Waals surface area contributed by atoms with Crippen LogP contribution in [0.1, 0.15) is 32.7 Å². The van der Waals surface area contributed by atoms with Crippen molar-refractivity contribution in [1.29, 1.82) is 0 Å². The van der Waals surface area contributed by atoms with Crippen molar-refractivity contribution < 1.29 is 14.3 Å². The molecule has 7 nitrogen and oxygen atoms in total. The highest BCUT2D eigenvalue weighted by Crippen LogP contribution is 2.10. The summed E-state index contributed by atoms with van der Waals surface area (Å²) < 4.78 is 6.57. The highest BCUT2D eigenvalue weighted by atomic mass is 16.5. The monoisotopic (exact) mass is 379 g/mol. The van der Waals surface area contributed by atoms with Crippen molar-refractivity contribution in [2.75, 3.05) is 6.54 Å². The lowest BCUT2D eigenvalue weighted by Gasteiger charge is -2.09. The molecule has 0 fully saturated rings. The van der Waals surface area contributed by atoms with Gasteiger partial charge in [0, 0.05) is 17.8 Å². The second-order valence-corrected chi connectivity index (χ2v) is 6.61. The number of carbonyl (C=O) groups is 2. The van der Waals surface area contributed by atoms with Gasteiger partial charge in [-0.25, -0.2) is 4.98 Å². The molecule has 0 spiro atoms. The Balaban J connectivity index is 1.59. The summed E-state index contributed by atoms with van der Waals surface area (Å²) in [4.78, 5) is 40.6. The number of benzene rings is 1. The van der Waals surface area contributed by atoms with E-state index in [0.717, 1.165) is 16.7 Å². The molecule has 1 amide bonds. The van der Waals surface area contributed by atoms with Gasteiger partial charge in [0.15, 0.2) is 0 Å². The normalized spacial score (nSPS) is 10.7. The molecular weight excluding hydrogens is 358 g/mol. The molecule has 0 atom stereocenters.